The summed E-state index contributed by atoms with van der Waals surface area (Å²) in [6, 6.07) is 10.8. The number of benzene rings is 1. The number of sulfonamides is 1. The van der Waals surface area contributed by atoms with Gasteiger partial charge in [-0.2, -0.15) is 5.10 Å². The average Bonchev–Trinajstić information content (AvgIpc) is 3.30. The Balaban J connectivity index is 1.67. The molecule has 8 nitrogen and oxygen atoms in total. The van der Waals surface area contributed by atoms with Crippen molar-refractivity contribution in [2.45, 2.75) is 12.3 Å². The average molecular weight is 387 g/mol. The van der Waals surface area contributed by atoms with Crippen molar-refractivity contribution in [3.63, 3.8) is 0 Å². The van der Waals surface area contributed by atoms with Crippen LogP contribution in [0, 0.1) is 0 Å². The largest absolute Gasteiger partial charge is 0.348 e. The summed E-state index contributed by atoms with van der Waals surface area (Å²) in [5.74, 6) is 0.380. The van der Waals surface area contributed by atoms with Gasteiger partial charge in [-0.25, -0.2) is 13.1 Å². The summed E-state index contributed by atoms with van der Waals surface area (Å²) in [6.45, 7) is 0.331. The Morgan fingerprint density at radius 1 is 1.11 bits per heavy atom. The number of carbonyl (C=O) groups excluding carboxylic acids is 1. The van der Waals surface area contributed by atoms with E-state index >= 15 is 0 Å². The SMILES string of the molecule is CNS(=O)(=O)Cc1ccc(CNC(=O)c2cnn(C)c2-n2cccc2)cc1. The van der Waals surface area contributed by atoms with Crippen molar-refractivity contribution in [1.29, 1.82) is 0 Å². The lowest BCUT2D eigenvalue weighted by Crippen LogP contribution is -2.24. The topological polar surface area (TPSA) is 98.0 Å². The van der Waals surface area contributed by atoms with Gasteiger partial charge >= 0.3 is 0 Å². The van der Waals surface area contributed by atoms with E-state index < -0.39 is 10.0 Å². The van der Waals surface area contributed by atoms with E-state index in [9.17, 15) is 13.2 Å². The van der Waals surface area contributed by atoms with Crippen molar-refractivity contribution >= 4 is 15.9 Å². The van der Waals surface area contributed by atoms with Crippen LogP contribution in [0.3, 0.4) is 0 Å². The molecule has 0 aliphatic heterocycles. The number of aryl methyl sites for hydroxylation is 1. The third-order valence-electron chi connectivity index (χ3n) is 4.14. The first-order valence-corrected chi connectivity index (χ1v) is 9.97. The smallest absolute Gasteiger partial charge is 0.256 e. The Bertz CT molecular complexity index is 1020. The van der Waals surface area contributed by atoms with E-state index in [0.29, 0.717) is 23.5 Å². The van der Waals surface area contributed by atoms with Gasteiger partial charge in [-0.05, 0) is 30.3 Å². The van der Waals surface area contributed by atoms with Gasteiger partial charge in [-0.3, -0.25) is 9.48 Å². The first kappa shape index (κ1) is 18.9. The molecule has 2 heterocycles. The minimum absolute atomic E-state index is 0.0773. The van der Waals surface area contributed by atoms with Gasteiger partial charge in [0.05, 0.1) is 11.9 Å². The third-order valence-corrected chi connectivity index (χ3v) is 5.48. The van der Waals surface area contributed by atoms with E-state index in [4.69, 9.17) is 0 Å². The maximum Gasteiger partial charge on any atom is 0.256 e. The molecule has 0 aliphatic carbocycles. The van der Waals surface area contributed by atoms with E-state index in [-0.39, 0.29) is 11.7 Å². The molecule has 3 aromatic rings. The predicted octanol–water partition coefficient (Wildman–Crippen LogP) is 1.19. The molecule has 3 rings (SSSR count). The monoisotopic (exact) mass is 387 g/mol. The van der Waals surface area contributed by atoms with E-state index in [1.807, 2.05) is 29.1 Å². The highest BCUT2D eigenvalue weighted by Crippen LogP contribution is 2.14. The molecular formula is C18H21N5O3S. The standard InChI is InChI=1S/C18H21N5O3S/c1-19-27(25,26)13-15-7-5-14(6-8-15)11-20-17(24)16-12-21-22(2)18(16)23-9-3-4-10-23/h3-10,12,19H,11,13H2,1-2H3,(H,20,24). The minimum Gasteiger partial charge on any atom is -0.348 e. The summed E-state index contributed by atoms with van der Waals surface area (Å²) in [4.78, 5) is 12.6. The number of nitrogens with zero attached hydrogens (tertiary/aromatic N) is 3. The van der Waals surface area contributed by atoms with Crippen LogP contribution in [-0.2, 0) is 29.4 Å². The van der Waals surface area contributed by atoms with Gasteiger partial charge in [0.1, 0.15) is 11.4 Å². The van der Waals surface area contributed by atoms with Crippen LogP contribution >= 0.6 is 0 Å². The van der Waals surface area contributed by atoms with Crippen LogP contribution in [0.2, 0.25) is 0 Å². The molecule has 0 radical (unpaired) electrons. The molecule has 0 atom stereocenters. The molecule has 1 amide bonds. The maximum absolute atomic E-state index is 12.6. The van der Waals surface area contributed by atoms with Gasteiger partial charge in [-0.15, -0.1) is 0 Å². The van der Waals surface area contributed by atoms with Crippen LogP contribution in [0.15, 0.2) is 55.0 Å². The van der Waals surface area contributed by atoms with Crippen LogP contribution in [-0.4, -0.2) is 35.7 Å². The molecule has 142 valence electrons. The molecule has 2 aromatic heterocycles. The second-order valence-corrected chi connectivity index (χ2v) is 7.98. The van der Waals surface area contributed by atoms with Gasteiger partial charge in [0, 0.05) is 26.0 Å². The summed E-state index contributed by atoms with van der Waals surface area (Å²) in [6.07, 6.45) is 5.24. The number of nitrogens with one attached hydrogen (secondary N) is 2. The second-order valence-electron chi connectivity index (χ2n) is 6.06. The predicted molar refractivity (Wildman–Crippen MR) is 102 cm³/mol. The molecule has 1 aromatic carbocycles. The summed E-state index contributed by atoms with van der Waals surface area (Å²) in [5.41, 5.74) is 2.03. The van der Waals surface area contributed by atoms with Crippen molar-refractivity contribution < 1.29 is 13.2 Å². The highest BCUT2D eigenvalue weighted by atomic mass is 32.2. The van der Waals surface area contributed by atoms with Crippen molar-refractivity contribution in [3.05, 3.63) is 71.7 Å². The van der Waals surface area contributed by atoms with Crippen LogP contribution < -0.4 is 10.0 Å². The Morgan fingerprint density at radius 3 is 2.37 bits per heavy atom. The van der Waals surface area contributed by atoms with Crippen LogP contribution in [0.1, 0.15) is 21.5 Å². The molecular weight excluding hydrogens is 366 g/mol. The Kier molecular flexibility index (Phi) is 5.43. The van der Waals surface area contributed by atoms with Crippen LogP contribution in [0.25, 0.3) is 5.82 Å². The van der Waals surface area contributed by atoms with Crippen LogP contribution in [0.5, 0.6) is 0 Å². The second kappa shape index (κ2) is 7.77. The number of amides is 1. The lowest BCUT2D eigenvalue weighted by molar-refractivity contribution is 0.0951. The van der Waals surface area contributed by atoms with E-state index in [2.05, 4.69) is 15.1 Å². The van der Waals surface area contributed by atoms with E-state index in [1.165, 1.54) is 13.2 Å². The lowest BCUT2D eigenvalue weighted by atomic mass is 10.1. The molecule has 0 saturated carbocycles. The zero-order chi connectivity index (χ0) is 19.4. The Hall–Kier alpha value is -2.91. The van der Waals surface area contributed by atoms with Gasteiger partial charge < -0.3 is 9.88 Å². The van der Waals surface area contributed by atoms with E-state index in [0.717, 1.165) is 5.56 Å². The van der Waals surface area contributed by atoms with Crippen LogP contribution in [0.4, 0.5) is 0 Å². The molecule has 0 spiro atoms. The molecule has 2 N–H and O–H groups in total. The van der Waals surface area contributed by atoms with Gasteiger partial charge in [0.25, 0.3) is 5.91 Å². The molecule has 0 bridgehead atoms. The Labute approximate surface area is 157 Å². The Morgan fingerprint density at radius 2 is 1.74 bits per heavy atom. The normalized spacial score (nSPS) is 11.5. The summed E-state index contributed by atoms with van der Waals surface area (Å²) >= 11 is 0. The van der Waals surface area contributed by atoms with Gasteiger partial charge in [0.2, 0.25) is 10.0 Å². The molecule has 0 unspecified atom stereocenters. The fourth-order valence-corrected chi connectivity index (χ4v) is 3.47. The molecule has 0 aliphatic rings. The van der Waals surface area contributed by atoms with Gasteiger partial charge in [0.15, 0.2) is 0 Å². The first-order valence-electron chi connectivity index (χ1n) is 8.32. The number of carbonyl (C=O) groups is 1. The number of aromatic nitrogens is 3. The van der Waals surface area contributed by atoms with Crippen molar-refractivity contribution in [2.75, 3.05) is 7.05 Å². The summed E-state index contributed by atoms with van der Waals surface area (Å²) in [7, 11) is -0.132. The molecule has 9 heteroatoms. The third kappa shape index (κ3) is 4.44. The van der Waals surface area contributed by atoms with Gasteiger partial charge in [-0.1, -0.05) is 24.3 Å². The molecule has 0 fully saturated rings. The lowest BCUT2D eigenvalue weighted by Gasteiger charge is -2.09. The fraction of sp³-hybridized carbons (Fsp3) is 0.222. The molecule has 27 heavy (non-hydrogen) atoms. The van der Waals surface area contributed by atoms with E-state index in [1.54, 1.807) is 36.0 Å². The first-order chi connectivity index (χ1) is 12.9. The summed E-state index contributed by atoms with van der Waals surface area (Å²) < 4.78 is 28.9. The highest BCUT2D eigenvalue weighted by Gasteiger charge is 2.17. The quantitative estimate of drug-likeness (QED) is 0.636. The maximum atomic E-state index is 12.6. The van der Waals surface area contributed by atoms with Crippen molar-refractivity contribution in [1.82, 2.24) is 24.4 Å². The highest BCUT2D eigenvalue weighted by molar-refractivity contribution is 7.88. The van der Waals surface area contributed by atoms with Crippen molar-refractivity contribution in [2.24, 2.45) is 7.05 Å². The fourth-order valence-electron chi connectivity index (χ4n) is 2.70. The van der Waals surface area contributed by atoms with Crippen molar-refractivity contribution in [3.8, 4) is 5.82 Å². The zero-order valence-corrected chi connectivity index (χ0v) is 15.9. The number of hydrogen-bond donors (Lipinski definition) is 2. The zero-order valence-electron chi connectivity index (χ0n) is 15.1. The minimum atomic E-state index is -3.30. The summed E-state index contributed by atoms with van der Waals surface area (Å²) in [5, 5.41) is 7.05. The number of hydrogen-bond acceptors (Lipinski definition) is 4. The number of rotatable bonds is 7. The molecule has 0 saturated heterocycles.